The van der Waals surface area contributed by atoms with Gasteiger partial charge in [0.05, 0.1) is 22.2 Å². The third kappa shape index (κ3) is 2.97. The predicted molar refractivity (Wildman–Crippen MR) is 126 cm³/mol. The van der Waals surface area contributed by atoms with Gasteiger partial charge in [-0.25, -0.2) is 9.97 Å². The molecule has 4 aromatic heterocycles. The highest BCUT2D eigenvalue weighted by Crippen LogP contribution is 2.34. The number of nitrogens with zero attached hydrogens (tertiary/aromatic N) is 3. The molecular formula is C26H17N5O. The summed E-state index contributed by atoms with van der Waals surface area (Å²) in [6, 6.07) is 22.0. The maximum Gasteiger partial charge on any atom is 0.201 e. The molecule has 0 atom stereocenters. The second-order valence-electron chi connectivity index (χ2n) is 7.53. The van der Waals surface area contributed by atoms with Gasteiger partial charge in [-0.3, -0.25) is 9.78 Å². The number of imidazole rings is 1. The van der Waals surface area contributed by atoms with Crippen molar-refractivity contribution in [2.45, 2.75) is 0 Å². The maximum atomic E-state index is 13.3. The quantitative estimate of drug-likeness (QED) is 0.416. The average molecular weight is 415 g/mol. The highest BCUT2D eigenvalue weighted by molar-refractivity contribution is 5.94. The summed E-state index contributed by atoms with van der Waals surface area (Å²) in [6.45, 7) is 0. The Balaban J connectivity index is 1.66. The lowest BCUT2D eigenvalue weighted by Crippen LogP contribution is -2.09. The Hall–Kier alpha value is -4.58. The van der Waals surface area contributed by atoms with Crippen LogP contribution < -0.4 is 5.43 Å². The Kier molecular flexibility index (Phi) is 4.14. The molecule has 6 aromatic rings. The van der Waals surface area contributed by atoms with Crippen molar-refractivity contribution in [3.05, 3.63) is 102 Å². The summed E-state index contributed by atoms with van der Waals surface area (Å²) in [7, 11) is 0. The maximum absolute atomic E-state index is 13.3. The van der Waals surface area contributed by atoms with Gasteiger partial charge in [-0.05, 0) is 29.8 Å². The van der Waals surface area contributed by atoms with Gasteiger partial charge in [0.15, 0.2) is 0 Å². The van der Waals surface area contributed by atoms with E-state index in [-0.39, 0.29) is 5.43 Å². The summed E-state index contributed by atoms with van der Waals surface area (Å²) in [5.41, 5.74) is 5.46. The molecular weight excluding hydrogens is 398 g/mol. The van der Waals surface area contributed by atoms with Gasteiger partial charge >= 0.3 is 0 Å². The van der Waals surface area contributed by atoms with Gasteiger partial charge in [-0.2, -0.15) is 0 Å². The first-order chi connectivity index (χ1) is 15.8. The molecule has 0 amide bonds. The Morgan fingerprint density at radius 1 is 0.750 bits per heavy atom. The molecule has 0 aliphatic carbocycles. The number of nitrogens with one attached hydrogen (secondary N) is 2. The Morgan fingerprint density at radius 3 is 2.50 bits per heavy atom. The molecule has 32 heavy (non-hydrogen) atoms. The minimum absolute atomic E-state index is 0.121. The Bertz CT molecular complexity index is 1640. The molecule has 0 saturated heterocycles. The first-order valence-electron chi connectivity index (χ1n) is 10.2. The van der Waals surface area contributed by atoms with Gasteiger partial charge < -0.3 is 9.97 Å². The van der Waals surface area contributed by atoms with Crippen molar-refractivity contribution >= 4 is 21.9 Å². The minimum Gasteiger partial charge on any atom is -0.345 e. The number of aromatic amines is 2. The van der Waals surface area contributed by atoms with Crippen LogP contribution in [0.5, 0.6) is 0 Å². The molecule has 0 radical (unpaired) electrons. The van der Waals surface area contributed by atoms with E-state index in [4.69, 9.17) is 4.98 Å². The fourth-order valence-electron chi connectivity index (χ4n) is 4.02. The van der Waals surface area contributed by atoms with Crippen LogP contribution in [0, 0.1) is 0 Å². The normalized spacial score (nSPS) is 11.2. The molecule has 2 aromatic carbocycles. The van der Waals surface area contributed by atoms with E-state index in [0.717, 1.165) is 33.3 Å². The number of pyridine rings is 3. The molecule has 0 bridgehead atoms. The number of fused-ring (bicyclic) bond motifs is 2. The lowest BCUT2D eigenvalue weighted by atomic mass is 9.96. The third-order valence-electron chi connectivity index (χ3n) is 5.58. The first-order valence-corrected chi connectivity index (χ1v) is 10.2. The van der Waals surface area contributed by atoms with Crippen molar-refractivity contribution in [1.82, 2.24) is 24.9 Å². The smallest absolute Gasteiger partial charge is 0.201 e. The van der Waals surface area contributed by atoms with E-state index in [0.29, 0.717) is 22.4 Å². The van der Waals surface area contributed by atoms with Crippen LogP contribution in [0.2, 0.25) is 0 Å². The van der Waals surface area contributed by atoms with E-state index < -0.39 is 0 Å². The van der Waals surface area contributed by atoms with Crippen molar-refractivity contribution in [2.24, 2.45) is 0 Å². The van der Waals surface area contributed by atoms with Gasteiger partial charge in [0.2, 0.25) is 5.43 Å². The summed E-state index contributed by atoms with van der Waals surface area (Å²) in [4.78, 5) is 33.1. The average Bonchev–Trinajstić information content (AvgIpc) is 3.39. The van der Waals surface area contributed by atoms with Crippen molar-refractivity contribution in [1.29, 1.82) is 0 Å². The van der Waals surface area contributed by atoms with E-state index in [9.17, 15) is 4.79 Å². The lowest BCUT2D eigenvalue weighted by molar-refractivity contribution is 1.24. The van der Waals surface area contributed by atoms with Gasteiger partial charge in [-0.1, -0.05) is 42.5 Å². The summed E-state index contributed by atoms with van der Waals surface area (Å²) in [6.07, 6.45) is 6.77. The largest absolute Gasteiger partial charge is 0.345 e. The van der Waals surface area contributed by atoms with Crippen LogP contribution in [0.3, 0.4) is 0 Å². The molecule has 0 unspecified atom stereocenters. The van der Waals surface area contributed by atoms with E-state index in [1.165, 1.54) is 0 Å². The summed E-state index contributed by atoms with van der Waals surface area (Å²) in [5.74, 6) is 0.526. The highest BCUT2D eigenvalue weighted by atomic mass is 16.1. The molecule has 6 rings (SSSR count). The van der Waals surface area contributed by atoms with E-state index in [2.05, 4.69) is 26.0 Å². The number of rotatable bonds is 3. The highest BCUT2D eigenvalue weighted by Gasteiger charge is 2.16. The molecule has 0 aliphatic rings. The number of H-pyrrole nitrogens is 2. The number of hydrogen-bond donors (Lipinski definition) is 2. The SMILES string of the molecule is O=c1c(-c2ncc[nH]2)c[nH]c2nc(-c3ccccc3)c(-c3ccc4ncccc4c3)cc12. The summed E-state index contributed by atoms with van der Waals surface area (Å²) >= 11 is 0. The summed E-state index contributed by atoms with van der Waals surface area (Å²) < 4.78 is 0. The van der Waals surface area contributed by atoms with Crippen LogP contribution in [0.25, 0.3) is 55.7 Å². The van der Waals surface area contributed by atoms with Gasteiger partial charge in [-0.15, -0.1) is 0 Å². The number of benzene rings is 2. The molecule has 2 N–H and O–H groups in total. The van der Waals surface area contributed by atoms with Crippen molar-refractivity contribution in [2.75, 3.05) is 0 Å². The van der Waals surface area contributed by atoms with Crippen molar-refractivity contribution in [3.63, 3.8) is 0 Å². The molecule has 0 aliphatic heterocycles. The molecule has 0 fully saturated rings. The molecule has 4 heterocycles. The van der Waals surface area contributed by atoms with Gasteiger partial charge in [0, 0.05) is 41.3 Å². The fraction of sp³-hybridized carbons (Fsp3) is 0. The standard InChI is InChI=1S/C26H17N5O/c32-24-20-14-19(17-8-9-22-18(13-17)7-4-10-27-22)23(16-5-2-1-3-6-16)31-26(20)30-15-21(24)25-28-11-12-29-25/h1-15H,(H,28,29)(H,30,31,32). The van der Waals surface area contributed by atoms with E-state index >= 15 is 0 Å². The zero-order valence-corrected chi connectivity index (χ0v) is 16.9. The van der Waals surface area contributed by atoms with Gasteiger partial charge in [0.1, 0.15) is 11.5 Å². The van der Waals surface area contributed by atoms with Crippen LogP contribution in [0.4, 0.5) is 0 Å². The van der Waals surface area contributed by atoms with Crippen LogP contribution in [0.1, 0.15) is 0 Å². The summed E-state index contributed by atoms with van der Waals surface area (Å²) in [5, 5.41) is 1.54. The van der Waals surface area contributed by atoms with Gasteiger partial charge in [0.25, 0.3) is 0 Å². The molecule has 0 saturated carbocycles. The first kappa shape index (κ1) is 18.2. The van der Waals surface area contributed by atoms with E-state index in [1.54, 1.807) is 24.8 Å². The predicted octanol–water partition coefficient (Wildman–Crippen LogP) is 5.20. The molecule has 6 nitrogen and oxygen atoms in total. The fourth-order valence-corrected chi connectivity index (χ4v) is 4.02. The second-order valence-corrected chi connectivity index (χ2v) is 7.53. The zero-order valence-electron chi connectivity index (χ0n) is 16.9. The van der Waals surface area contributed by atoms with Crippen LogP contribution in [-0.2, 0) is 0 Å². The lowest BCUT2D eigenvalue weighted by Gasteiger charge is -2.12. The van der Waals surface area contributed by atoms with Crippen molar-refractivity contribution in [3.8, 4) is 33.8 Å². The van der Waals surface area contributed by atoms with Crippen LogP contribution in [0.15, 0.2) is 96.3 Å². The van der Waals surface area contributed by atoms with Crippen LogP contribution in [-0.4, -0.2) is 24.9 Å². The monoisotopic (exact) mass is 415 g/mol. The van der Waals surface area contributed by atoms with Crippen LogP contribution >= 0.6 is 0 Å². The number of aromatic nitrogens is 5. The Morgan fingerprint density at radius 2 is 1.66 bits per heavy atom. The van der Waals surface area contributed by atoms with E-state index in [1.807, 2.05) is 60.7 Å². The number of hydrogen-bond acceptors (Lipinski definition) is 4. The second kappa shape index (κ2) is 7.28. The Labute approximate surface area is 182 Å². The topological polar surface area (TPSA) is 87.3 Å². The third-order valence-corrected chi connectivity index (χ3v) is 5.58. The molecule has 152 valence electrons. The molecule has 0 spiro atoms. The minimum atomic E-state index is -0.121. The zero-order chi connectivity index (χ0) is 21.5. The van der Waals surface area contributed by atoms with Crippen molar-refractivity contribution < 1.29 is 0 Å². The molecule has 6 heteroatoms.